The maximum atomic E-state index is 10.1. The Morgan fingerprint density at radius 3 is 2.31 bits per heavy atom. The molecule has 0 atom stereocenters. The van der Waals surface area contributed by atoms with Crippen LogP contribution in [0.2, 0.25) is 0 Å². The SMILES string of the molecule is C=CCl.O=C(O)C=CC=Cc1ccccc1. The van der Waals surface area contributed by atoms with E-state index in [0.29, 0.717) is 0 Å². The zero-order valence-corrected chi connectivity index (χ0v) is 9.47. The van der Waals surface area contributed by atoms with Crippen molar-refractivity contribution in [1.82, 2.24) is 0 Å². The summed E-state index contributed by atoms with van der Waals surface area (Å²) in [7, 11) is 0. The highest BCUT2D eigenvalue weighted by Gasteiger charge is 1.82. The molecule has 0 saturated carbocycles. The van der Waals surface area contributed by atoms with Crippen molar-refractivity contribution in [3.8, 4) is 0 Å². The fourth-order valence-electron chi connectivity index (χ4n) is 0.869. The third kappa shape index (κ3) is 8.78. The molecule has 0 heterocycles. The first-order chi connectivity index (χ1) is 7.70. The number of rotatable bonds is 3. The first kappa shape index (κ1) is 14.2. The zero-order valence-electron chi connectivity index (χ0n) is 8.71. The van der Waals surface area contributed by atoms with E-state index in [4.69, 9.17) is 16.7 Å². The fourth-order valence-corrected chi connectivity index (χ4v) is 0.869. The number of carbonyl (C=O) groups is 1. The molecule has 0 bridgehead atoms. The van der Waals surface area contributed by atoms with Crippen LogP contribution in [0.25, 0.3) is 6.08 Å². The molecule has 2 nitrogen and oxygen atoms in total. The van der Waals surface area contributed by atoms with Gasteiger partial charge in [0.25, 0.3) is 0 Å². The van der Waals surface area contributed by atoms with Gasteiger partial charge in [0.2, 0.25) is 0 Å². The number of halogens is 1. The summed E-state index contributed by atoms with van der Waals surface area (Å²) < 4.78 is 0. The Bertz CT molecular complexity index is 367. The summed E-state index contributed by atoms with van der Waals surface area (Å²) in [6, 6.07) is 9.70. The second-order valence-electron chi connectivity index (χ2n) is 2.62. The molecule has 0 amide bonds. The molecule has 0 fully saturated rings. The van der Waals surface area contributed by atoms with Crippen molar-refractivity contribution in [3.63, 3.8) is 0 Å². The normalized spacial score (nSPS) is 9.81. The van der Waals surface area contributed by atoms with Gasteiger partial charge in [0.05, 0.1) is 0 Å². The Balaban J connectivity index is 0.000000673. The van der Waals surface area contributed by atoms with Gasteiger partial charge < -0.3 is 5.11 Å². The van der Waals surface area contributed by atoms with Gasteiger partial charge in [0.1, 0.15) is 0 Å². The molecule has 0 aromatic heterocycles. The summed E-state index contributed by atoms with van der Waals surface area (Å²) in [5.41, 5.74) is 2.28. The smallest absolute Gasteiger partial charge is 0.328 e. The highest BCUT2D eigenvalue weighted by molar-refractivity contribution is 6.25. The Hall–Kier alpha value is -1.80. The fraction of sp³-hybridized carbons (Fsp3) is 0. The third-order valence-corrected chi connectivity index (χ3v) is 1.44. The topological polar surface area (TPSA) is 37.3 Å². The van der Waals surface area contributed by atoms with Crippen LogP contribution in [0.5, 0.6) is 0 Å². The number of carboxylic acid groups (broad SMARTS) is 1. The monoisotopic (exact) mass is 236 g/mol. The van der Waals surface area contributed by atoms with Crippen molar-refractivity contribution < 1.29 is 9.90 Å². The average Bonchev–Trinajstić information content (AvgIpc) is 2.27. The van der Waals surface area contributed by atoms with Gasteiger partial charge in [-0.15, -0.1) is 0 Å². The Morgan fingerprint density at radius 1 is 1.25 bits per heavy atom. The highest BCUT2D eigenvalue weighted by Crippen LogP contribution is 2.00. The van der Waals surface area contributed by atoms with Crippen LogP contribution in [-0.4, -0.2) is 11.1 Å². The molecule has 0 radical (unpaired) electrons. The molecule has 0 aliphatic carbocycles. The van der Waals surface area contributed by atoms with Gasteiger partial charge in [-0.05, 0) is 11.1 Å². The second kappa shape index (κ2) is 9.74. The maximum absolute atomic E-state index is 10.1. The van der Waals surface area contributed by atoms with E-state index in [0.717, 1.165) is 11.6 Å². The van der Waals surface area contributed by atoms with Crippen LogP contribution in [0, 0.1) is 0 Å². The quantitative estimate of drug-likeness (QED) is 0.642. The lowest BCUT2D eigenvalue weighted by atomic mass is 10.2. The Kier molecular flexibility index (Phi) is 8.65. The standard InChI is InChI=1S/C11H10O2.C2H3Cl/c12-11(13)9-5-4-8-10-6-2-1-3-7-10;1-2-3/h1-9H,(H,12,13);2H,1H2. The molecule has 84 valence electrons. The summed E-state index contributed by atoms with van der Waals surface area (Å²) in [6.45, 7) is 3.13. The number of allylic oxidation sites excluding steroid dienone is 2. The molecule has 0 spiro atoms. The van der Waals surface area contributed by atoms with E-state index in [1.165, 1.54) is 11.6 Å². The number of benzene rings is 1. The van der Waals surface area contributed by atoms with Crippen molar-refractivity contribution >= 4 is 23.6 Å². The van der Waals surface area contributed by atoms with Gasteiger partial charge >= 0.3 is 5.97 Å². The van der Waals surface area contributed by atoms with Crippen molar-refractivity contribution in [2.75, 3.05) is 0 Å². The van der Waals surface area contributed by atoms with Crippen LogP contribution in [-0.2, 0) is 4.79 Å². The van der Waals surface area contributed by atoms with E-state index in [2.05, 4.69) is 6.58 Å². The van der Waals surface area contributed by atoms with E-state index >= 15 is 0 Å². The molecule has 1 rings (SSSR count). The summed E-state index contributed by atoms with van der Waals surface area (Å²) in [4.78, 5) is 10.1. The van der Waals surface area contributed by atoms with Gasteiger partial charge in [0, 0.05) is 6.08 Å². The molecule has 0 unspecified atom stereocenters. The molecular weight excluding hydrogens is 224 g/mol. The first-order valence-corrected chi connectivity index (χ1v) is 4.98. The molecule has 16 heavy (non-hydrogen) atoms. The van der Waals surface area contributed by atoms with Crippen molar-refractivity contribution in [3.05, 3.63) is 66.2 Å². The third-order valence-electron chi connectivity index (χ3n) is 1.44. The van der Waals surface area contributed by atoms with Crippen LogP contribution in [0.4, 0.5) is 0 Å². The van der Waals surface area contributed by atoms with E-state index in [9.17, 15) is 4.79 Å². The molecule has 0 saturated heterocycles. The lowest BCUT2D eigenvalue weighted by molar-refractivity contribution is -0.131. The number of hydrogen-bond acceptors (Lipinski definition) is 1. The number of hydrogen-bond donors (Lipinski definition) is 1. The minimum atomic E-state index is -0.933. The summed E-state index contributed by atoms with van der Waals surface area (Å²) in [5, 5.41) is 8.29. The summed E-state index contributed by atoms with van der Waals surface area (Å²) >= 11 is 4.76. The van der Waals surface area contributed by atoms with Crippen molar-refractivity contribution in [2.45, 2.75) is 0 Å². The van der Waals surface area contributed by atoms with Gasteiger partial charge in [-0.25, -0.2) is 4.79 Å². The second-order valence-corrected chi connectivity index (χ2v) is 2.93. The average molecular weight is 237 g/mol. The van der Waals surface area contributed by atoms with Crippen molar-refractivity contribution in [2.24, 2.45) is 0 Å². The lowest BCUT2D eigenvalue weighted by Crippen LogP contribution is -1.84. The molecule has 1 N–H and O–H groups in total. The summed E-state index contributed by atoms with van der Waals surface area (Å²) in [6.07, 6.45) is 6.14. The van der Waals surface area contributed by atoms with E-state index in [-0.39, 0.29) is 0 Å². The van der Waals surface area contributed by atoms with Gasteiger partial charge in [-0.1, -0.05) is 66.7 Å². The summed E-state index contributed by atoms with van der Waals surface area (Å²) in [5.74, 6) is -0.933. The molecule has 1 aromatic carbocycles. The molecule has 0 aliphatic rings. The minimum Gasteiger partial charge on any atom is -0.478 e. The van der Waals surface area contributed by atoms with Gasteiger partial charge in [0.15, 0.2) is 0 Å². The molecule has 1 aromatic rings. The number of carboxylic acids is 1. The van der Waals surface area contributed by atoms with Crippen LogP contribution >= 0.6 is 11.6 Å². The maximum Gasteiger partial charge on any atom is 0.328 e. The van der Waals surface area contributed by atoms with Crippen LogP contribution in [0.15, 0.2) is 60.7 Å². The van der Waals surface area contributed by atoms with Crippen LogP contribution in [0.3, 0.4) is 0 Å². The molecule has 0 aliphatic heterocycles. The Labute approximate surface area is 100 Å². The lowest BCUT2D eigenvalue weighted by Gasteiger charge is -1.87. The highest BCUT2D eigenvalue weighted by atomic mass is 35.5. The molecular formula is C13H13ClO2. The van der Waals surface area contributed by atoms with Crippen LogP contribution < -0.4 is 0 Å². The van der Waals surface area contributed by atoms with E-state index < -0.39 is 5.97 Å². The predicted octanol–water partition coefficient (Wildman–Crippen LogP) is 3.71. The first-order valence-electron chi connectivity index (χ1n) is 4.54. The van der Waals surface area contributed by atoms with E-state index in [1.807, 2.05) is 36.4 Å². The van der Waals surface area contributed by atoms with E-state index in [1.54, 1.807) is 6.08 Å². The largest absolute Gasteiger partial charge is 0.478 e. The van der Waals surface area contributed by atoms with Gasteiger partial charge in [-0.3, -0.25) is 0 Å². The van der Waals surface area contributed by atoms with Crippen LogP contribution in [0.1, 0.15) is 5.56 Å². The predicted molar refractivity (Wildman–Crippen MR) is 68.3 cm³/mol. The molecule has 3 heteroatoms. The van der Waals surface area contributed by atoms with Crippen molar-refractivity contribution in [1.29, 1.82) is 0 Å². The number of aliphatic carboxylic acids is 1. The minimum absolute atomic E-state index is 0.933. The Morgan fingerprint density at radius 2 is 1.81 bits per heavy atom. The zero-order chi connectivity index (χ0) is 12.2. The van der Waals surface area contributed by atoms with Gasteiger partial charge in [-0.2, -0.15) is 0 Å².